The molecule has 1 aliphatic rings. The number of rotatable bonds is 10. The Kier molecular flexibility index (Phi) is 10.8. The molecule has 2 rings (SSSR count). The summed E-state index contributed by atoms with van der Waals surface area (Å²) in [5.74, 6) is -0.971. The van der Waals surface area contributed by atoms with Crippen molar-refractivity contribution in [1.29, 1.82) is 0 Å². The van der Waals surface area contributed by atoms with Gasteiger partial charge in [-0.05, 0) is 58.4 Å². The van der Waals surface area contributed by atoms with Gasteiger partial charge in [0.25, 0.3) is 0 Å². The third-order valence-corrected chi connectivity index (χ3v) is 5.39. The molecule has 0 spiro atoms. The van der Waals surface area contributed by atoms with E-state index in [1.54, 1.807) is 20.8 Å². The third kappa shape index (κ3) is 9.84. The van der Waals surface area contributed by atoms with Gasteiger partial charge in [-0.15, -0.1) is 0 Å². The van der Waals surface area contributed by atoms with E-state index < -0.39 is 41.7 Å². The van der Waals surface area contributed by atoms with Crippen molar-refractivity contribution in [3.63, 3.8) is 0 Å². The van der Waals surface area contributed by atoms with E-state index in [4.69, 9.17) is 14.2 Å². The Bertz CT molecular complexity index is 854. The Morgan fingerprint density at radius 2 is 1.83 bits per heavy atom. The number of carbonyl (C=O) groups is 4. The van der Waals surface area contributed by atoms with Gasteiger partial charge in [0.1, 0.15) is 24.3 Å². The Morgan fingerprint density at radius 3 is 2.49 bits per heavy atom. The molecule has 1 heterocycles. The zero-order chi connectivity index (χ0) is 25.8. The molecular weight excluding hydrogens is 454 g/mol. The maximum Gasteiger partial charge on any atom is 0.410 e. The van der Waals surface area contributed by atoms with Crippen molar-refractivity contribution in [3.8, 4) is 0 Å². The van der Waals surface area contributed by atoms with Crippen molar-refractivity contribution in [2.75, 3.05) is 20.2 Å². The summed E-state index contributed by atoms with van der Waals surface area (Å²) >= 11 is 0. The molecule has 194 valence electrons. The predicted octanol–water partition coefficient (Wildman–Crippen LogP) is 3.14. The van der Waals surface area contributed by atoms with Crippen LogP contribution in [0.25, 0.3) is 0 Å². The molecule has 1 aromatic carbocycles. The number of nitrogens with zero attached hydrogens (tertiary/aromatic N) is 1. The fraction of sp³-hybridized carbons (Fsp3) is 0.600. The van der Waals surface area contributed by atoms with Crippen LogP contribution < -0.4 is 10.6 Å². The van der Waals surface area contributed by atoms with Gasteiger partial charge in [0.15, 0.2) is 0 Å². The topological polar surface area (TPSA) is 123 Å². The van der Waals surface area contributed by atoms with E-state index in [9.17, 15) is 19.2 Å². The smallest absolute Gasteiger partial charge is 0.410 e. The molecule has 0 aromatic heterocycles. The fourth-order valence-corrected chi connectivity index (χ4v) is 3.68. The second-order valence-corrected chi connectivity index (χ2v) is 9.40. The lowest BCUT2D eigenvalue weighted by molar-refractivity contribution is -0.145. The summed E-state index contributed by atoms with van der Waals surface area (Å²) in [6.07, 6.45) is 1.57. The van der Waals surface area contributed by atoms with Gasteiger partial charge in [-0.1, -0.05) is 30.3 Å². The van der Waals surface area contributed by atoms with Crippen molar-refractivity contribution in [3.05, 3.63) is 35.9 Å². The fourth-order valence-electron chi connectivity index (χ4n) is 3.68. The Morgan fingerprint density at radius 1 is 1.11 bits per heavy atom. The van der Waals surface area contributed by atoms with Crippen LogP contribution in [0.2, 0.25) is 0 Å². The first kappa shape index (κ1) is 27.9. The summed E-state index contributed by atoms with van der Waals surface area (Å²) < 4.78 is 15.4. The standard InChI is InChI=1S/C25H37N3O7/c1-25(2,3)35-24(32)28-16-10-14-20(28)21(29)27-19(22(30)33-4)13-8-9-15-26-23(31)34-17-18-11-6-5-7-12-18/h5-7,11-12,19-20H,8-10,13-17H2,1-4H3,(H,26,31)(H,27,29). The molecule has 2 atom stereocenters. The molecule has 1 aromatic rings. The summed E-state index contributed by atoms with van der Waals surface area (Å²) in [4.78, 5) is 50.8. The monoisotopic (exact) mass is 491 g/mol. The zero-order valence-corrected chi connectivity index (χ0v) is 21.0. The SMILES string of the molecule is COC(=O)C(CCCCNC(=O)OCc1ccccc1)NC(=O)C1CCCN1C(=O)OC(C)(C)C. The van der Waals surface area contributed by atoms with Crippen LogP contribution in [0.3, 0.4) is 0 Å². The number of unbranched alkanes of at least 4 members (excludes halogenated alkanes) is 1. The average Bonchev–Trinajstić information content (AvgIpc) is 3.31. The van der Waals surface area contributed by atoms with Crippen LogP contribution in [0.1, 0.15) is 58.4 Å². The number of hydrogen-bond donors (Lipinski definition) is 2. The number of amides is 3. The number of likely N-dealkylation sites (tertiary alicyclic amines) is 1. The van der Waals surface area contributed by atoms with E-state index in [0.29, 0.717) is 45.2 Å². The molecule has 10 heteroatoms. The predicted molar refractivity (Wildman–Crippen MR) is 128 cm³/mol. The van der Waals surface area contributed by atoms with Crippen LogP contribution in [0, 0.1) is 0 Å². The Labute approximate surface area is 206 Å². The number of carbonyl (C=O) groups excluding carboxylic acids is 4. The highest BCUT2D eigenvalue weighted by atomic mass is 16.6. The van der Waals surface area contributed by atoms with Crippen molar-refractivity contribution in [2.24, 2.45) is 0 Å². The normalized spacial score (nSPS) is 16.2. The number of ether oxygens (including phenoxy) is 3. The molecular formula is C25H37N3O7. The second-order valence-electron chi connectivity index (χ2n) is 9.40. The van der Waals surface area contributed by atoms with Crippen LogP contribution in [-0.4, -0.2) is 66.8 Å². The van der Waals surface area contributed by atoms with E-state index in [0.717, 1.165) is 5.56 Å². The van der Waals surface area contributed by atoms with Crippen LogP contribution in [-0.2, 0) is 30.4 Å². The molecule has 0 radical (unpaired) electrons. The molecule has 2 N–H and O–H groups in total. The minimum atomic E-state index is -0.849. The zero-order valence-electron chi connectivity index (χ0n) is 21.0. The molecule has 1 saturated heterocycles. The molecule has 2 unspecified atom stereocenters. The lowest BCUT2D eigenvalue weighted by Gasteiger charge is -2.28. The van der Waals surface area contributed by atoms with Gasteiger partial charge in [0.2, 0.25) is 5.91 Å². The number of hydrogen-bond acceptors (Lipinski definition) is 7. The number of benzene rings is 1. The van der Waals surface area contributed by atoms with E-state index >= 15 is 0 Å². The lowest BCUT2D eigenvalue weighted by Crippen LogP contribution is -2.51. The number of esters is 1. The summed E-state index contributed by atoms with van der Waals surface area (Å²) in [5, 5.41) is 5.39. The van der Waals surface area contributed by atoms with Crippen molar-refractivity contribution in [2.45, 2.75) is 77.2 Å². The summed E-state index contributed by atoms with van der Waals surface area (Å²) in [5.41, 5.74) is 0.226. The van der Waals surface area contributed by atoms with Crippen LogP contribution in [0.4, 0.5) is 9.59 Å². The van der Waals surface area contributed by atoms with Gasteiger partial charge >= 0.3 is 18.2 Å². The lowest BCUT2D eigenvalue weighted by atomic mass is 10.1. The number of methoxy groups -OCH3 is 1. The van der Waals surface area contributed by atoms with Gasteiger partial charge in [-0.3, -0.25) is 9.69 Å². The molecule has 0 bridgehead atoms. The molecule has 1 aliphatic heterocycles. The minimum absolute atomic E-state index is 0.185. The van der Waals surface area contributed by atoms with E-state index in [1.165, 1.54) is 12.0 Å². The van der Waals surface area contributed by atoms with Crippen LogP contribution in [0.15, 0.2) is 30.3 Å². The van der Waals surface area contributed by atoms with Gasteiger partial charge in [0, 0.05) is 13.1 Å². The summed E-state index contributed by atoms with van der Waals surface area (Å²) in [6, 6.07) is 7.82. The van der Waals surface area contributed by atoms with Crippen LogP contribution >= 0.6 is 0 Å². The molecule has 3 amide bonds. The third-order valence-electron chi connectivity index (χ3n) is 5.39. The van der Waals surface area contributed by atoms with Crippen molar-refractivity contribution in [1.82, 2.24) is 15.5 Å². The van der Waals surface area contributed by atoms with Gasteiger partial charge < -0.3 is 24.8 Å². The van der Waals surface area contributed by atoms with Crippen molar-refractivity contribution >= 4 is 24.1 Å². The molecule has 1 fully saturated rings. The van der Waals surface area contributed by atoms with Gasteiger partial charge in [-0.2, -0.15) is 0 Å². The maximum atomic E-state index is 12.9. The first-order chi connectivity index (χ1) is 16.6. The first-order valence-electron chi connectivity index (χ1n) is 11.9. The average molecular weight is 492 g/mol. The molecule has 10 nitrogen and oxygen atoms in total. The largest absolute Gasteiger partial charge is 0.467 e. The highest BCUT2D eigenvalue weighted by Crippen LogP contribution is 2.21. The highest BCUT2D eigenvalue weighted by molar-refractivity contribution is 5.90. The molecule has 0 aliphatic carbocycles. The highest BCUT2D eigenvalue weighted by Gasteiger charge is 2.38. The minimum Gasteiger partial charge on any atom is -0.467 e. The first-order valence-corrected chi connectivity index (χ1v) is 11.9. The van der Waals surface area contributed by atoms with Crippen LogP contribution in [0.5, 0.6) is 0 Å². The molecule has 0 saturated carbocycles. The summed E-state index contributed by atoms with van der Waals surface area (Å²) in [6.45, 7) is 6.26. The van der Waals surface area contributed by atoms with E-state index in [1.807, 2.05) is 30.3 Å². The Balaban J connectivity index is 1.76. The van der Waals surface area contributed by atoms with E-state index in [-0.39, 0.29) is 6.61 Å². The number of nitrogens with one attached hydrogen (secondary N) is 2. The van der Waals surface area contributed by atoms with Gasteiger partial charge in [0.05, 0.1) is 7.11 Å². The van der Waals surface area contributed by atoms with Crippen molar-refractivity contribution < 1.29 is 33.4 Å². The Hall–Kier alpha value is -3.30. The quantitative estimate of drug-likeness (QED) is 0.293. The maximum absolute atomic E-state index is 12.9. The summed E-state index contributed by atoms with van der Waals surface area (Å²) in [7, 11) is 1.26. The van der Waals surface area contributed by atoms with Gasteiger partial charge in [-0.25, -0.2) is 14.4 Å². The molecule has 35 heavy (non-hydrogen) atoms. The number of alkyl carbamates (subject to hydrolysis) is 1. The van der Waals surface area contributed by atoms with E-state index in [2.05, 4.69) is 10.6 Å². The second kappa shape index (κ2) is 13.6.